The number of hydrogen-bond donors (Lipinski definition) is 0. The molecule has 0 radical (unpaired) electrons. The molecular formula is C11H3ClF11I. The van der Waals surface area contributed by atoms with Gasteiger partial charge in [0.1, 0.15) is 0 Å². The monoisotopic (exact) mass is 506 g/mol. The van der Waals surface area contributed by atoms with E-state index in [1.165, 1.54) is 0 Å². The lowest BCUT2D eigenvalue weighted by Crippen LogP contribution is -2.65. The first kappa shape index (κ1) is 21.5. The molecule has 138 valence electrons. The number of hydrogen-bond acceptors (Lipinski definition) is 0. The van der Waals surface area contributed by atoms with Crippen LogP contribution in [0.5, 0.6) is 0 Å². The highest BCUT2D eigenvalue weighted by Gasteiger charge is 2.87. The molecule has 0 aliphatic carbocycles. The molecule has 0 saturated heterocycles. The lowest BCUT2D eigenvalue weighted by atomic mass is 9.93. The third kappa shape index (κ3) is 3.03. The van der Waals surface area contributed by atoms with Crippen molar-refractivity contribution in [1.29, 1.82) is 0 Å². The summed E-state index contributed by atoms with van der Waals surface area (Å²) in [5.74, 6) is -28.0. The Kier molecular flexibility index (Phi) is 5.40. The summed E-state index contributed by atoms with van der Waals surface area (Å²) in [5, 5.41) is -0.646. The van der Waals surface area contributed by atoms with Crippen LogP contribution in [0.25, 0.3) is 0 Å². The molecule has 0 heterocycles. The van der Waals surface area contributed by atoms with Crippen molar-refractivity contribution >= 4 is 34.2 Å². The quantitative estimate of drug-likeness (QED) is 0.323. The van der Waals surface area contributed by atoms with Crippen molar-refractivity contribution in [3.05, 3.63) is 32.4 Å². The average Bonchev–Trinajstić information content (AvgIpc) is 2.39. The zero-order valence-electron chi connectivity index (χ0n) is 10.6. The van der Waals surface area contributed by atoms with E-state index in [1.807, 2.05) is 0 Å². The Morgan fingerprint density at radius 3 is 1.58 bits per heavy atom. The lowest BCUT2D eigenvalue weighted by molar-refractivity contribution is -0.424. The molecule has 0 aliphatic rings. The van der Waals surface area contributed by atoms with Crippen LogP contribution in [0, 0.1) is 3.57 Å². The van der Waals surface area contributed by atoms with Crippen LogP contribution in [0.15, 0.2) is 18.2 Å². The summed E-state index contributed by atoms with van der Waals surface area (Å²) in [7, 11) is 0. The predicted molar refractivity (Wildman–Crippen MR) is 69.0 cm³/mol. The minimum absolute atomic E-state index is 0.0685. The number of benzene rings is 1. The summed E-state index contributed by atoms with van der Waals surface area (Å²) in [6.45, 7) is 0. The van der Waals surface area contributed by atoms with E-state index in [0.29, 0.717) is 6.07 Å². The molecule has 13 heteroatoms. The van der Waals surface area contributed by atoms with Crippen molar-refractivity contribution in [2.45, 2.75) is 29.9 Å². The molecule has 1 aromatic carbocycles. The van der Waals surface area contributed by atoms with Gasteiger partial charge in [0.2, 0.25) is 0 Å². The van der Waals surface area contributed by atoms with Crippen molar-refractivity contribution < 1.29 is 48.3 Å². The summed E-state index contributed by atoms with van der Waals surface area (Å²) in [6, 6.07) is 1.63. The highest BCUT2D eigenvalue weighted by molar-refractivity contribution is 14.1. The van der Waals surface area contributed by atoms with Crippen LogP contribution >= 0.6 is 34.2 Å². The second kappa shape index (κ2) is 6.02. The summed E-state index contributed by atoms with van der Waals surface area (Å²) in [6.07, 6.45) is -7.18. The van der Waals surface area contributed by atoms with E-state index in [9.17, 15) is 48.3 Å². The van der Waals surface area contributed by atoms with E-state index in [-0.39, 0.29) is 6.07 Å². The van der Waals surface area contributed by atoms with Gasteiger partial charge in [-0.3, -0.25) is 0 Å². The van der Waals surface area contributed by atoms with Gasteiger partial charge in [-0.05, 0) is 40.8 Å². The van der Waals surface area contributed by atoms with Gasteiger partial charge in [-0.1, -0.05) is 11.6 Å². The van der Waals surface area contributed by atoms with E-state index in [1.54, 1.807) is 0 Å². The van der Waals surface area contributed by atoms with Gasteiger partial charge in [-0.25, -0.2) is 0 Å². The molecule has 1 rings (SSSR count). The van der Waals surface area contributed by atoms with Gasteiger partial charge in [0.05, 0.1) is 0 Å². The maximum absolute atomic E-state index is 13.8. The molecule has 0 nitrogen and oxygen atoms in total. The second-order valence-corrected chi connectivity index (χ2v) is 6.02. The normalized spacial score (nSPS) is 14.9. The first-order valence-electron chi connectivity index (χ1n) is 5.44. The van der Waals surface area contributed by atoms with Crippen LogP contribution in [0.2, 0.25) is 5.02 Å². The average molecular weight is 506 g/mol. The molecule has 0 amide bonds. The second-order valence-electron chi connectivity index (χ2n) is 4.42. The summed E-state index contributed by atoms with van der Waals surface area (Å²) in [4.78, 5) is 0. The van der Waals surface area contributed by atoms with Crippen LogP contribution in [0.3, 0.4) is 0 Å². The fourth-order valence-corrected chi connectivity index (χ4v) is 2.33. The van der Waals surface area contributed by atoms with Crippen LogP contribution in [0.4, 0.5) is 48.3 Å². The molecule has 0 bridgehead atoms. The lowest BCUT2D eigenvalue weighted by Gasteiger charge is -2.37. The van der Waals surface area contributed by atoms with Gasteiger partial charge in [0.25, 0.3) is 0 Å². The minimum atomic E-state index is -7.44. The van der Waals surface area contributed by atoms with Gasteiger partial charge in [-0.2, -0.15) is 48.3 Å². The molecule has 0 aromatic heterocycles. The largest absolute Gasteiger partial charge is 0.460 e. The smallest absolute Gasteiger partial charge is 0.194 e. The van der Waals surface area contributed by atoms with Crippen molar-refractivity contribution in [3.8, 4) is 0 Å². The molecule has 0 fully saturated rings. The molecule has 0 spiro atoms. The van der Waals surface area contributed by atoms with Crippen LogP contribution in [0.1, 0.15) is 5.56 Å². The Hall–Kier alpha value is -0.530. The van der Waals surface area contributed by atoms with Gasteiger partial charge in [0.15, 0.2) is 0 Å². The van der Waals surface area contributed by atoms with Gasteiger partial charge < -0.3 is 0 Å². The fraction of sp³-hybridized carbons (Fsp3) is 0.455. The fourth-order valence-electron chi connectivity index (χ4n) is 1.48. The third-order valence-corrected chi connectivity index (χ3v) is 3.98. The maximum Gasteiger partial charge on any atom is 0.460 e. The molecule has 1 aromatic rings. The van der Waals surface area contributed by atoms with Crippen molar-refractivity contribution in [2.75, 3.05) is 0 Å². The SMILES string of the molecule is FC(F)(F)C(F)(F)C(F)(F)C(F)(F)C(F)(F)c1cc(Cl)ccc1I. The van der Waals surface area contributed by atoms with Crippen LogP contribution in [-0.4, -0.2) is 23.9 Å². The van der Waals surface area contributed by atoms with Gasteiger partial charge in [-0.15, -0.1) is 0 Å². The van der Waals surface area contributed by atoms with E-state index in [0.717, 1.165) is 28.7 Å². The van der Waals surface area contributed by atoms with E-state index in [2.05, 4.69) is 0 Å². The molecule has 0 N–H and O–H groups in total. The van der Waals surface area contributed by atoms with Crippen molar-refractivity contribution in [2.24, 2.45) is 0 Å². The zero-order chi connectivity index (χ0) is 19.4. The first-order valence-corrected chi connectivity index (χ1v) is 6.90. The van der Waals surface area contributed by atoms with Crippen molar-refractivity contribution in [3.63, 3.8) is 0 Å². The van der Waals surface area contributed by atoms with Crippen molar-refractivity contribution in [1.82, 2.24) is 0 Å². The van der Waals surface area contributed by atoms with E-state index >= 15 is 0 Å². The Bertz CT molecular complexity index is 623. The maximum atomic E-state index is 13.8. The zero-order valence-corrected chi connectivity index (χ0v) is 13.6. The molecular weight excluding hydrogens is 503 g/mol. The van der Waals surface area contributed by atoms with Crippen LogP contribution in [-0.2, 0) is 5.92 Å². The first-order chi connectivity index (χ1) is 10.4. The number of halogens is 13. The minimum Gasteiger partial charge on any atom is -0.194 e. The number of rotatable bonds is 4. The standard InChI is InChI=1S/C11H3ClF11I/c12-4-1-2-6(24)5(3-4)7(13,14)8(15,16)9(17,18)10(19,20)11(21,22)23/h1-3H. The molecule has 0 unspecified atom stereocenters. The van der Waals surface area contributed by atoms with Gasteiger partial charge in [0, 0.05) is 14.2 Å². The molecule has 24 heavy (non-hydrogen) atoms. The van der Waals surface area contributed by atoms with Crippen LogP contribution < -0.4 is 0 Å². The Morgan fingerprint density at radius 1 is 0.708 bits per heavy atom. The highest BCUT2D eigenvalue weighted by Crippen LogP contribution is 2.60. The summed E-state index contributed by atoms with van der Waals surface area (Å²) in [5.41, 5.74) is -1.92. The van der Waals surface area contributed by atoms with E-state index in [4.69, 9.17) is 11.6 Å². The predicted octanol–water partition coefficient (Wildman–Crippen LogP) is 6.50. The van der Waals surface area contributed by atoms with E-state index < -0.39 is 44.0 Å². The molecule has 0 aliphatic heterocycles. The van der Waals surface area contributed by atoms with Gasteiger partial charge >= 0.3 is 29.9 Å². The Balaban J connectivity index is 3.59. The highest BCUT2D eigenvalue weighted by atomic mass is 127. The third-order valence-electron chi connectivity index (χ3n) is 2.81. The Morgan fingerprint density at radius 2 is 1.17 bits per heavy atom. The molecule has 0 atom stereocenters. The molecule has 0 saturated carbocycles. The summed E-state index contributed by atoms with van der Waals surface area (Å²) >= 11 is 6.23. The Labute approximate surface area is 145 Å². The number of alkyl halides is 11. The summed E-state index contributed by atoms with van der Waals surface area (Å²) < 4.78 is 141. The topological polar surface area (TPSA) is 0 Å².